The first-order chi connectivity index (χ1) is 31.8. The summed E-state index contributed by atoms with van der Waals surface area (Å²) in [6, 6.07) is 82.6. The van der Waals surface area contributed by atoms with Crippen molar-refractivity contribution in [3.05, 3.63) is 224 Å². The molecule has 0 unspecified atom stereocenters. The molecule has 0 fully saturated rings. The molecule has 3 nitrogen and oxygen atoms in total. The van der Waals surface area contributed by atoms with Crippen LogP contribution in [0.15, 0.2) is 224 Å². The van der Waals surface area contributed by atoms with Gasteiger partial charge >= 0.3 is 0 Å². The molecule has 4 aromatic heterocycles. The smallest absolute Gasteiger partial charge is 0.0562 e. The third-order valence-corrected chi connectivity index (χ3v) is 14.7. The number of hydrogen-bond acceptors (Lipinski definition) is 1. The van der Waals surface area contributed by atoms with Gasteiger partial charge in [0.1, 0.15) is 0 Å². The normalized spacial score (nSPS) is 12.1. The van der Waals surface area contributed by atoms with Gasteiger partial charge in [0.05, 0.1) is 38.8 Å². The van der Waals surface area contributed by atoms with E-state index >= 15 is 0 Å². The number of thiophene rings is 1. The Balaban J connectivity index is 0.968. The lowest BCUT2D eigenvalue weighted by Gasteiger charge is -2.13. The Morgan fingerprint density at radius 3 is 1.44 bits per heavy atom. The predicted octanol–water partition coefficient (Wildman–Crippen LogP) is 16.7. The van der Waals surface area contributed by atoms with Crippen LogP contribution in [0.4, 0.5) is 0 Å². The van der Waals surface area contributed by atoms with Gasteiger partial charge in [-0.25, -0.2) is 0 Å². The van der Waals surface area contributed by atoms with E-state index in [1.54, 1.807) is 0 Å². The van der Waals surface area contributed by atoms with Gasteiger partial charge in [-0.05, 0) is 89.0 Å². The van der Waals surface area contributed by atoms with Crippen LogP contribution in [0.3, 0.4) is 0 Å². The van der Waals surface area contributed by atoms with E-state index in [1.165, 1.54) is 114 Å². The van der Waals surface area contributed by atoms with E-state index in [2.05, 4.69) is 238 Å². The predicted molar refractivity (Wildman–Crippen MR) is 273 cm³/mol. The van der Waals surface area contributed by atoms with E-state index in [4.69, 9.17) is 0 Å². The Hall–Kier alpha value is -8.18. The van der Waals surface area contributed by atoms with Crippen LogP contribution in [0.5, 0.6) is 0 Å². The van der Waals surface area contributed by atoms with Crippen molar-refractivity contribution < 1.29 is 0 Å². The van der Waals surface area contributed by atoms with Crippen molar-refractivity contribution in [2.45, 2.75) is 0 Å². The molecule has 10 aromatic carbocycles. The molecule has 4 heterocycles. The number of nitrogens with zero attached hydrogens (tertiary/aromatic N) is 3. The molecule has 0 N–H and O–H groups in total. The Morgan fingerprint density at radius 2 is 0.766 bits per heavy atom. The maximum atomic E-state index is 2.51. The number of fused-ring (bicyclic) bond motifs is 12. The summed E-state index contributed by atoms with van der Waals surface area (Å²) >= 11 is 1.89. The van der Waals surface area contributed by atoms with Crippen LogP contribution in [0, 0.1) is 0 Å². The molecule has 14 rings (SSSR count). The molecule has 0 radical (unpaired) electrons. The van der Waals surface area contributed by atoms with Crippen molar-refractivity contribution in [2.24, 2.45) is 0 Å². The van der Waals surface area contributed by atoms with Gasteiger partial charge in [0, 0.05) is 63.9 Å². The van der Waals surface area contributed by atoms with Crippen molar-refractivity contribution in [3.63, 3.8) is 0 Å². The molecule has 14 aromatic rings. The maximum absolute atomic E-state index is 2.51. The summed E-state index contributed by atoms with van der Waals surface area (Å²) in [5.41, 5.74) is 15.6. The van der Waals surface area contributed by atoms with E-state index < -0.39 is 0 Å². The minimum Gasteiger partial charge on any atom is -0.309 e. The molecule has 0 amide bonds. The van der Waals surface area contributed by atoms with E-state index in [0.717, 1.165) is 11.4 Å². The fourth-order valence-corrected chi connectivity index (χ4v) is 11.9. The average Bonchev–Trinajstić information content (AvgIpc) is 4.10. The highest BCUT2D eigenvalue weighted by atomic mass is 32.1. The first kappa shape index (κ1) is 35.4. The molecule has 0 aliphatic carbocycles. The summed E-state index contributed by atoms with van der Waals surface area (Å²) in [6.45, 7) is 0. The average molecular weight is 832 g/mol. The van der Waals surface area contributed by atoms with Crippen LogP contribution in [0.25, 0.3) is 125 Å². The van der Waals surface area contributed by atoms with Crippen molar-refractivity contribution >= 4 is 96.9 Å². The standard InChI is InChI=1S/C60H37N3S/c1-2-14-38(15-3-1)39-28-30-40(31-29-39)43-20-12-21-49-59-56(26-13-27-58(59)64-60(43)49)63-54-25-11-6-18-46(54)48-34-32-42(37-57(48)63)62-53-24-10-7-19-47(53)50-36-41(33-35-55(50)62)61-51-22-8-4-16-44(51)45-17-5-9-23-52(45)61/h1-37H. The van der Waals surface area contributed by atoms with E-state index in [-0.39, 0.29) is 0 Å². The molecule has 0 aliphatic rings. The van der Waals surface area contributed by atoms with Crippen molar-refractivity contribution in [1.82, 2.24) is 13.7 Å². The van der Waals surface area contributed by atoms with Crippen LogP contribution in [-0.4, -0.2) is 13.7 Å². The molecule has 0 saturated heterocycles. The van der Waals surface area contributed by atoms with Gasteiger partial charge in [-0.15, -0.1) is 11.3 Å². The molecule has 4 heteroatoms. The fraction of sp³-hybridized carbons (Fsp3) is 0. The minimum atomic E-state index is 1.14. The zero-order valence-corrected chi connectivity index (χ0v) is 35.4. The van der Waals surface area contributed by atoms with Gasteiger partial charge in [0.2, 0.25) is 0 Å². The van der Waals surface area contributed by atoms with Crippen LogP contribution in [-0.2, 0) is 0 Å². The lowest BCUT2D eigenvalue weighted by atomic mass is 9.99. The second-order valence-electron chi connectivity index (χ2n) is 16.9. The van der Waals surface area contributed by atoms with Crippen LogP contribution >= 0.6 is 11.3 Å². The summed E-state index contributed by atoms with van der Waals surface area (Å²) in [5.74, 6) is 0. The lowest BCUT2D eigenvalue weighted by molar-refractivity contribution is 1.16. The molecule has 0 aliphatic heterocycles. The maximum Gasteiger partial charge on any atom is 0.0562 e. The highest BCUT2D eigenvalue weighted by Gasteiger charge is 2.21. The molecule has 64 heavy (non-hydrogen) atoms. The Labute approximate surface area is 372 Å². The van der Waals surface area contributed by atoms with Gasteiger partial charge in [0.15, 0.2) is 0 Å². The Morgan fingerprint density at radius 1 is 0.281 bits per heavy atom. The molecular weight excluding hydrogens is 795 g/mol. The second kappa shape index (κ2) is 13.7. The lowest BCUT2D eigenvalue weighted by Crippen LogP contribution is -1.98. The Bertz CT molecular complexity index is 4130. The first-order valence-electron chi connectivity index (χ1n) is 21.9. The van der Waals surface area contributed by atoms with E-state index in [0.29, 0.717) is 0 Å². The summed E-state index contributed by atoms with van der Waals surface area (Å²) in [4.78, 5) is 0. The number of rotatable bonds is 5. The molecule has 0 atom stereocenters. The number of hydrogen-bond donors (Lipinski definition) is 0. The van der Waals surface area contributed by atoms with Gasteiger partial charge in [-0.3, -0.25) is 0 Å². The van der Waals surface area contributed by atoms with Crippen LogP contribution in [0.1, 0.15) is 0 Å². The van der Waals surface area contributed by atoms with E-state index in [1.807, 2.05) is 11.3 Å². The SMILES string of the molecule is c1ccc(-c2ccc(-c3cccc4c3sc3cccc(-n5c6ccccc6c6ccc(-n7c8ccccc8c8cc(-n9c%10ccccc%10c%10ccccc%109)ccc87)cc65)c34)cc2)cc1. The second-order valence-corrected chi connectivity index (χ2v) is 17.9. The topological polar surface area (TPSA) is 14.8 Å². The third-order valence-electron chi connectivity index (χ3n) is 13.5. The highest BCUT2D eigenvalue weighted by Crippen LogP contribution is 2.45. The molecule has 0 spiro atoms. The summed E-state index contributed by atoms with van der Waals surface area (Å²) in [6.07, 6.45) is 0. The number of para-hydroxylation sites is 4. The number of benzene rings is 10. The number of aromatic nitrogens is 3. The molecular formula is C60H37N3S. The highest BCUT2D eigenvalue weighted by molar-refractivity contribution is 7.26. The van der Waals surface area contributed by atoms with Crippen molar-refractivity contribution in [2.75, 3.05) is 0 Å². The largest absolute Gasteiger partial charge is 0.309 e. The first-order valence-corrected chi connectivity index (χ1v) is 22.7. The molecule has 0 bridgehead atoms. The quantitative estimate of drug-likeness (QED) is 0.164. The third kappa shape index (κ3) is 5.09. The molecule has 298 valence electrons. The minimum absolute atomic E-state index is 1.14. The van der Waals surface area contributed by atoms with Crippen LogP contribution in [0.2, 0.25) is 0 Å². The van der Waals surface area contributed by atoms with Crippen molar-refractivity contribution in [3.8, 4) is 39.3 Å². The monoisotopic (exact) mass is 831 g/mol. The summed E-state index contributed by atoms with van der Waals surface area (Å²) in [7, 11) is 0. The van der Waals surface area contributed by atoms with Gasteiger partial charge in [-0.2, -0.15) is 0 Å². The van der Waals surface area contributed by atoms with Gasteiger partial charge in [-0.1, -0.05) is 158 Å². The van der Waals surface area contributed by atoms with E-state index in [9.17, 15) is 0 Å². The van der Waals surface area contributed by atoms with Gasteiger partial charge < -0.3 is 13.7 Å². The summed E-state index contributed by atoms with van der Waals surface area (Å²) in [5, 5.41) is 10.1. The summed E-state index contributed by atoms with van der Waals surface area (Å²) < 4.78 is 9.98. The van der Waals surface area contributed by atoms with Crippen LogP contribution < -0.4 is 0 Å². The Kier molecular flexibility index (Phi) is 7.56. The zero-order chi connectivity index (χ0) is 41.9. The van der Waals surface area contributed by atoms with Crippen molar-refractivity contribution in [1.29, 1.82) is 0 Å². The van der Waals surface area contributed by atoms with Gasteiger partial charge in [0.25, 0.3) is 0 Å². The fourth-order valence-electron chi connectivity index (χ4n) is 10.7. The molecule has 0 saturated carbocycles. The zero-order valence-electron chi connectivity index (χ0n) is 34.6.